The van der Waals surface area contributed by atoms with E-state index in [9.17, 15) is 0 Å². The summed E-state index contributed by atoms with van der Waals surface area (Å²) in [6.45, 7) is 6.06. The molecule has 0 aliphatic carbocycles. The molecule has 2 heteroatoms. The van der Waals surface area contributed by atoms with Gasteiger partial charge in [0.25, 0.3) is 0 Å². The summed E-state index contributed by atoms with van der Waals surface area (Å²) < 4.78 is 5.85. The summed E-state index contributed by atoms with van der Waals surface area (Å²) >= 11 is 0. The first kappa shape index (κ1) is 15.9. The smallest absolute Gasteiger partial charge is 0.120 e. The molecule has 0 aliphatic rings. The summed E-state index contributed by atoms with van der Waals surface area (Å²) in [6.07, 6.45) is 5.32. The van der Waals surface area contributed by atoms with Crippen molar-refractivity contribution in [3.8, 4) is 18.1 Å². The Morgan fingerprint density at radius 1 is 1.18 bits per heavy atom. The van der Waals surface area contributed by atoms with Crippen molar-refractivity contribution in [1.82, 2.24) is 4.90 Å². The van der Waals surface area contributed by atoms with Gasteiger partial charge in [-0.25, -0.2) is 0 Å². The Labute approximate surface area is 133 Å². The summed E-state index contributed by atoms with van der Waals surface area (Å²) in [5.41, 5.74) is 3.26. The third-order valence-electron chi connectivity index (χ3n) is 3.31. The lowest BCUT2D eigenvalue weighted by atomic mass is 10.1. The van der Waals surface area contributed by atoms with E-state index >= 15 is 0 Å². The standard InChI is InChI=1S/C20H21NO/c1-4-13-21(3)15-17(2)19-11-8-12-20(14-19)22-16-18-9-6-5-7-10-18/h1,5-12,14H,2,13,15-16H2,3H3. The van der Waals surface area contributed by atoms with Gasteiger partial charge >= 0.3 is 0 Å². The second kappa shape index (κ2) is 8.07. The molecule has 0 spiro atoms. The van der Waals surface area contributed by atoms with Crippen molar-refractivity contribution in [3.05, 3.63) is 72.3 Å². The third kappa shape index (κ3) is 4.80. The highest BCUT2D eigenvalue weighted by Crippen LogP contribution is 2.20. The quantitative estimate of drug-likeness (QED) is 0.719. The fraction of sp³-hybridized carbons (Fsp3) is 0.200. The minimum atomic E-state index is 0.563. The van der Waals surface area contributed by atoms with E-state index in [4.69, 9.17) is 11.2 Å². The Morgan fingerprint density at radius 3 is 2.68 bits per heavy atom. The van der Waals surface area contributed by atoms with Gasteiger partial charge in [-0.2, -0.15) is 0 Å². The molecule has 0 amide bonds. The lowest BCUT2D eigenvalue weighted by molar-refractivity contribution is 0.306. The maximum absolute atomic E-state index is 5.85. The maximum atomic E-state index is 5.85. The van der Waals surface area contributed by atoms with Crippen LogP contribution in [0.2, 0.25) is 0 Å². The predicted octanol–water partition coefficient (Wildman–Crippen LogP) is 3.84. The number of nitrogens with zero attached hydrogens (tertiary/aromatic N) is 1. The van der Waals surface area contributed by atoms with Crippen molar-refractivity contribution >= 4 is 5.57 Å². The van der Waals surface area contributed by atoms with E-state index in [1.54, 1.807) is 0 Å². The Bertz CT molecular complexity index is 655. The van der Waals surface area contributed by atoms with Gasteiger partial charge in [-0.15, -0.1) is 6.42 Å². The van der Waals surface area contributed by atoms with Crippen LogP contribution < -0.4 is 4.74 Å². The number of terminal acetylenes is 1. The van der Waals surface area contributed by atoms with Gasteiger partial charge in [0.15, 0.2) is 0 Å². The van der Waals surface area contributed by atoms with Crippen LogP contribution in [-0.4, -0.2) is 25.0 Å². The highest BCUT2D eigenvalue weighted by molar-refractivity contribution is 5.65. The van der Waals surface area contributed by atoms with Gasteiger partial charge < -0.3 is 4.74 Å². The van der Waals surface area contributed by atoms with E-state index in [-0.39, 0.29) is 0 Å². The lowest BCUT2D eigenvalue weighted by Gasteiger charge is -2.16. The number of ether oxygens (including phenoxy) is 1. The summed E-state index contributed by atoms with van der Waals surface area (Å²) in [4.78, 5) is 2.06. The predicted molar refractivity (Wildman–Crippen MR) is 92.6 cm³/mol. The second-order valence-electron chi connectivity index (χ2n) is 5.28. The van der Waals surface area contributed by atoms with Crippen LogP contribution in [0.15, 0.2) is 61.2 Å². The topological polar surface area (TPSA) is 12.5 Å². The van der Waals surface area contributed by atoms with Crippen molar-refractivity contribution in [2.75, 3.05) is 20.1 Å². The van der Waals surface area contributed by atoms with Gasteiger partial charge in [-0.05, 0) is 35.9 Å². The molecule has 0 saturated heterocycles. The lowest BCUT2D eigenvalue weighted by Crippen LogP contribution is -2.20. The minimum absolute atomic E-state index is 0.563. The molecule has 0 aliphatic heterocycles. The van der Waals surface area contributed by atoms with E-state index in [1.807, 2.05) is 49.5 Å². The molecular formula is C20H21NO. The first-order valence-electron chi connectivity index (χ1n) is 7.26. The van der Waals surface area contributed by atoms with E-state index in [2.05, 4.69) is 29.5 Å². The Morgan fingerprint density at radius 2 is 1.95 bits per heavy atom. The minimum Gasteiger partial charge on any atom is -0.489 e. The number of benzene rings is 2. The summed E-state index contributed by atoms with van der Waals surface area (Å²) in [5, 5.41) is 0. The van der Waals surface area contributed by atoms with Crippen LogP contribution in [0, 0.1) is 12.3 Å². The zero-order valence-electron chi connectivity index (χ0n) is 13.0. The van der Waals surface area contributed by atoms with Crippen LogP contribution in [0.5, 0.6) is 5.75 Å². The van der Waals surface area contributed by atoms with Crippen LogP contribution in [0.1, 0.15) is 11.1 Å². The molecule has 0 aromatic heterocycles. The fourth-order valence-corrected chi connectivity index (χ4v) is 2.18. The molecule has 0 N–H and O–H groups in total. The maximum Gasteiger partial charge on any atom is 0.120 e. The molecule has 0 fully saturated rings. The Balaban J connectivity index is 1.97. The number of rotatable bonds is 7. The number of hydrogen-bond acceptors (Lipinski definition) is 2. The summed E-state index contributed by atoms with van der Waals surface area (Å²) in [6, 6.07) is 18.1. The third-order valence-corrected chi connectivity index (χ3v) is 3.31. The average molecular weight is 291 g/mol. The monoisotopic (exact) mass is 291 g/mol. The van der Waals surface area contributed by atoms with Crippen molar-refractivity contribution in [2.45, 2.75) is 6.61 Å². The van der Waals surface area contributed by atoms with E-state index in [0.717, 1.165) is 29.0 Å². The van der Waals surface area contributed by atoms with Gasteiger partial charge in [0.05, 0.1) is 6.54 Å². The van der Waals surface area contributed by atoms with E-state index in [0.29, 0.717) is 13.2 Å². The zero-order valence-corrected chi connectivity index (χ0v) is 13.0. The Kier molecular flexibility index (Phi) is 5.82. The number of hydrogen-bond donors (Lipinski definition) is 0. The fourth-order valence-electron chi connectivity index (χ4n) is 2.18. The first-order chi connectivity index (χ1) is 10.7. The summed E-state index contributed by atoms with van der Waals surface area (Å²) in [7, 11) is 1.99. The molecule has 2 rings (SSSR count). The Hall–Kier alpha value is -2.50. The molecule has 0 atom stereocenters. The van der Waals surface area contributed by atoms with Crippen LogP contribution in [-0.2, 0) is 6.61 Å². The normalized spacial score (nSPS) is 10.2. The van der Waals surface area contributed by atoms with Crippen LogP contribution >= 0.6 is 0 Å². The molecule has 0 heterocycles. The first-order valence-corrected chi connectivity index (χ1v) is 7.26. The molecule has 112 valence electrons. The van der Waals surface area contributed by atoms with Crippen molar-refractivity contribution in [2.24, 2.45) is 0 Å². The average Bonchev–Trinajstić information content (AvgIpc) is 2.54. The van der Waals surface area contributed by atoms with Gasteiger partial charge in [0.2, 0.25) is 0 Å². The van der Waals surface area contributed by atoms with Gasteiger partial charge in [0, 0.05) is 6.54 Å². The largest absolute Gasteiger partial charge is 0.489 e. The zero-order chi connectivity index (χ0) is 15.8. The van der Waals surface area contributed by atoms with Crippen LogP contribution in [0.3, 0.4) is 0 Å². The van der Waals surface area contributed by atoms with E-state index < -0.39 is 0 Å². The molecule has 2 nitrogen and oxygen atoms in total. The van der Waals surface area contributed by atoms with Crippen molar-refractivity contribution < 1.29 is 4.74 Å². The SMILES string of the molecule is C#CCN(C)CC(=C)c1cccc(OCc2ccccc2)c1. The van der Waals surface area contributed by atoms with Crippen LogP contribution in [0.25, 0.3) is 5.57 Å². The molecule has 22 heavy (non-hydrogen) atoms. The highest BCUT2D eigenvalue weighted by atomic mass is 16.5. The molecule has 0 radical (unpaired) electrons. The molecule has 0 bridgehead atoms. The van der Waals surface area contributed by atoms with Gasteiger partial charge in [0.1, 0.15) is 12.4 Å². The molecule has 2 aromatic carbocycles. The molecular weight excluding hydrogens is 270 g/mol. The second-order valence-corrected chi connectivity index (χ2v) is 5.28. The molecule has 0 unspecified atom stereocenters. The van der Waals surface area contributed by atoms with Gasteiger partial charge in [-0.3, -0.25) is 4.90 Å². The highest BCUT2D eigenvalue weighted by Gasteiger charge is 2.04. The van der Waals surface area contributed by atoms with Crippen molar-refractivity contribution in [1.29, 1.82) is 0 Å². The van der Waals surface area contributed by atoms with Crippen molar-refractivity contribution in [3.63, 3.8) is 0 Å². The van der Waals surface area contributed by atoms with E-state index in [1.165, 1.54) is 0 Å². The summed E-state index contributed by atoms with van der Waals surface area (Å²) in [5.74, 6) is 3.48. The van der Waals surface area contributed by atoms with Gasteiger partial charge in [-0.1, -0.05) is 55.0 Å². The van der Waals surface area contributed by atoms with Crippen LogP contribution in [0.4, 0.5) is 0 Å². The number of likely N-dealkylation sites (N-methyl/N-ethyl adjacent to an activating group) is 1. The molecule has 2 aromatic rings. The molecule has 0 saturated carbocycles.